The number of hydrogen-bond donors (Lipinski definition) is 1. The molecule has 0 spiro atoms. The topological polar surface area (TPSA) is 80.4 Å². The third-order valence-electron chi connectivity index (χ3n) is 1.66. The van der Waals surface area contributed by atoms with Gasteiger partial charge in [-0.1, -0.05) is 0 Å². The Labute approximate surface area is 87.8 Å². The fraction of sp³-hybridized carbons (Fsp3) is 0. The minimum absolute atomic E-state index is 0.439. The molecule has 0 radical (unpaired) electrons. The van der Waals surface area contributed by atoms with Crippen LogP contribution in [-0.4, -0.2) is 16.0 Å². The van der Waals surface area contributed by atoms with Crippen LogP contribution >= 0.6 is 0 Å². The lowest BCUT2D eigenvalue weighted by molar-refractivity contribution is -0.385. The molecule has 1 N–H and O–H groups in total. The normalized spacial score (nSPS) is 10.6. The summed E-state index contributed by atoms with van der Waals surface area (Å²) in [5, 5.41) is 18.8. The van der Waals surface area contributed by atoms with Crippen molar-refractivity contribution in [1.29, 1.82) is 0 Å². The van der Waals surface area contributed by atoms with Crippen molar-refractivity contribution in [2.75, 3.05) is 0 Å². The van der Waals surface area contributed by atoms with E-state index in [0.29, 0.717) is 24.3 Å². The summed E-state index contributed by atoms with van der Waals surface area (Å²) in [5.41, 5.74) is -1.40. The third kappa shape index (κ3) is 2.59. The molecule has 0 aliphatic rings. The average Bonchev–Trinajstić information content (AvgIpc) is 2.14. The number of halogens is 2. The highest BCUT2D eigenvalue weighted by Gasteiger charge is 2.18. The number of nitro benzene ring substituents is 1. The van der Waals surface area contributed by atoms with Gasteiger partial charge in [0.05, 0.1) is 16.6 Å². The van der Waals surface area contributed by atoms with Gasteiger partial charge >= 0.3 is 5.97 Å². The SMILES string of the molecule is O=C(O)C=Cc1c(F)cc(F)cc1[N+](=O)[O-]. The van der Waals surface area contributed by atoms with Crippen LogP contribution in [0.1, 0.15) is 5.56 Å². The highest BCUT2D eigenvalue weighted by atomic mass is 19.1. The smallest absolute Gasteiger partial charge is 0.328 e. The summed E-state index contributed by atoms with van der Waals surface area (Å²) < 4.78 is 25.8. The molecule has 0 unspecified atom stereocenters. The first-order chi connectivity index (χ1) is 7.41. The third-order valence-corrected chi connectivity index (χ3v) is 1.66. The van der Waals surface area contributed by atoms with Crippen LogP contribution < -0.4 is 0 Å². The second-order valence-electron chi connectivity index (χ2n) is 2.75. The number of aliphatic carboxylic acids is 1. The van der Waals surface area contributed by atoms with E-state index in [0.717, 1.165) is 0 Å². The molecule has 7 heteroatoms. The van der Waals surface area contributed by atoms with Gasteiger partial charge in [-0.15, -0.1) is 0 Å². The number of nitrogens with zero attached hydrogens (tertiary/aromatic N) is 1. The number of carboxylic acid groups (broad SMARTS) is 1. The second kappa shape index (κ2) is 4.47. The lowest BCUT2D eigenvalue weighted by atomic mass is 10.1. The lowest BCUT2D eigenvalue weighted by Gasteiger charge is -1.99. The van der Waals surface area contributed by atoms with Gasteiger partial charge in [0.1, 0.15) is 11.6 Å². The number of benzene rings is 1. The van der Waals surface area contributed by atoms with Gasteiger partial charge in [0, 0.05) is 12.1 Å². The highest BCUT2D eigenvalue weighted by Crippen LogP contribution is 2.24. The molecular weight excluding hydrogens is 224 g/mol. The van der Waals surface area contributed by atoms with Crippen molar-refractivity contribution in [2.45, 2.75) is 0 Å². The van der Waals surface area contributed by atoms with Crippen molar-refractivity contribution in [3.8, 4) is 0 Å². The van der Waals surface area contributed by atoms with Gasteiger partial charge in [-0.2, -0.15) is 0 Å². The minimum atomic E-state index is -1.39. The van der Waals surface area contributed by atoms with Crippen molar-refractivity contribution >= 4 is 17.7 Å². The molecule has 1 rings (SSSR count). The van der Waals surface area contributed by atoms with Crippen LogP contribution in [0.5, 0.6) is 0 Å². The molecule has 5 nitrogen and oxygen atoms in total. The number of carbonyl (C=O) groups is 1. The van der Waals surface area contributed by atoms with Crippen molar-refractivity contribution in [3.05, 3.63) is 45.5 Å². The standard InChI is InChI=1S/C9H5F2NO4/c10-5-3-7(11)6(1-2-9(13)14)8(4-5)12(15)16/h1-4H,(H,13,14). The molecule has 1 aromatic carbocycles. The summed E-state index contributed by atoms with van der Waals surface area (Å²) in [6.45, 7) is 0. The van der Waals surface area contributed by atoms with Crippen molar-refractivity contribution in [2.24, 2.45) is 0 Å². The average molecular weight is 229 g/mol. The summed E-state index contributed by atoms with van der Waals surface area (Å²) in [5.74, 6) is -3.68. The molecule has 1 aromatic rings. The van der Waals surface area contributed by atoms with Crippen molar-refractivity contribution in [3.63, 3.8) is 0 Å². The Kier molecular flexibility index (Phi) is 3.29. The highest BCUT2D eigenvalue weighted by molar-refractivity contribution is 5.86. The monoisotopic (exact) mass is 229 g/mol. The fourth-order valence-corrected chi connectivity index (χ4v) is 1.04. The van der Waals surface area contributed by atoms with Gasteiger partial charge in [0.2, 0.25) is 0 Å². The van der Waals surface area contributed by atoms with Gasteiger partial charge in [0.15, 0.2) is 0 Å². The van der Waals surface area contributed by atoms with E-state index in [1.807, 2.05) is 0 Å². The Morgan fingerprint density at radius 1 is 1.44 bits per heavy atom. The molecule has 0 heterocycles. The predicted octanol–water partition coefficient (Wildman–Crippen LogP) is 1.97. The summed E-state index contributed by atoms with van der Waals surface area (Å²) >= 11 is 0. The molecule has 0 saturated carbocycles. The van der Waals surface area contributed by atoms with Gasteiger partial charge in [-0.25, -0.2) is 13.6 Å². The zero-order valence-electron chi connectivity index (χ0n) is 7.68. The first-order valence-corrected chi connectivity index (χ1v) is 3.96. The number of nitro groups is 1. The van der Waals surface area contributed by atoms with Gasteiger partial charge in [0.25, 0.3) is 5.69 Å². The van der Waals surface area contributed by atoms with E-state index < -0.39 is 33.8 Å². The Morgan fingerprint density at radius 2 is 2.06 bits per heavy atom. The number of hydrogen-bond acceptors (Lipinski definition) is 3. The molecule has 0 fully saturated rings. The van der Waals surface area contributed by atoms with E-state index in [2.05, 4.69) is 0 Å². The van der Waals surface area contributed by atoms with Crippen LogP contribution in [0, 0.1) is 21.7 Å². The molecular formula is C9H5F2NO4. The molecule has 0 bridgehead atoms. The van der Waals surface area contributed by atoms with E-state index >= 15 is 0 Å². The second-order valence-corrected chi connectivity index (χ2v) is 2.75. The maximum Gasteiger partial charge on any atom is 0.328 e. The Balaban J connectivity index is 3.35. The molecule has 0 atom stereocenters. The number of rotatable bonds is 3. The van der Waals surface area contributed by atoms with Gasteiger partial charge in [-0.3, -0.25) is 10.1 Å². The minimum Gasteiger partial charge on any atom is -0.478 e. The summed E-state index contributed by atoms with van der Waals surface area (Å²) in [6.07, 6.45) is 1.23. The molecule has 0 saturated heterocycles. The quantitative estimate of drug-likeness (QED) is 0.488. The lowest BCUT2D eigenvalue weighted by Crippen LogP contribution is -1.97. The van der Waals surface area contributed by atoms with Crippen LogP contribution in [-0.2, 0) is 4.79 Å². The van der Waals surface area contributed by atoms with Gasteiger partial charge < -0.3 is 5.11 Å². The van der Waals surface area contributed by atoms with Crippen molar-refractivity contribution in [1.82, 2.24) is 0 Å². The zero-order valence-corrected chi connectivity index (χ0v) is 7.68. The number of carboxylic acids is 1. The summed E-state index contributed by atoms with van der Waals surface area (Å²) in [4.78, 5) is 19.6. The zero-order chi connectivity index (χ0) is 12.3. The summed E-state index contributed by atoms with van der Waals surface area (Å²) in [6, 6.07) is 0.957. The van der Waals surface area contributed by atoms with Crippen molar-refractivity contribution < 1.29 is 23.6 Å². The van der Waals surface area contributed by atoms with E-state index in [4.69, 9.17) is 5.11 Å². The summed E-state index contributed by atoms with van der Waals surface area (Å²) in [7, 11) is 0. The molecule has 0 aliphatic heterocycles. The first-order valence-electron chi connectivity index (χ1n) is 3.96. The molecule has 0 aromatic heterocycles. The molecule has 0 aliphatic carbocycles. The van der Waals surface area contributed by atoms with Crippen LogP contribution in [0.15, 0.2) is 18.2 Å². The van der Waals surface area contributed by atoms with E-state index in [-0.39, 0.29) is 0 Å². The maximum absolute atomic E-state index is 13.1. The van der Waals surface area contributed by atoms with Crippen LogP contribution in [0.3, 0.4) is 0 Å². The maximum atomic E-state index is 13.1. The van der Waals surface area contributed by atoms with E-state index in [1.54, 1.807) is 0 Å². The Hall–Kier alpha value is -2.31. The molecule has 0 amide bonds. The largest absolute Gasteiger partial charge is 0.478 e. The Bertz CT molecular complexity index is 485. The fourth-order valence-electron chi connectivity index (χ4n) is 1.04. The Morgan fingerprint density at radius 3 is 2.56 bits per heavy atom. The van der Waals surface area contributed by atoms with Crippen LogP contribution in [0.25, 0.3) is 6.08 Å². The molecule has 16 heavy (non-hydrogen) atoms. The first kappa shape index (κ1) is 11.8. The molecule has 84 valence electrons. The predicted molar refractivity (Wildman–Crippen MR) is 49.7 cm³/mol. The van der Waals surface area contributed by atoms with Crippen LogP contribution in [0.2, 0.25) is 0 Å². The van der Waals surface area contributed by atoms with E-state index in [9.17, 15) is 23.7 Å². The van der Waals surface area contributed by atoms with E-state index in [1.165, 1.54) is 0 Å². The van der Waals surface area contributed by atoms with Gasteiger partial charge in [-0.05, 0) is 6.08 Å². The van der Waals surface area contributed by atoms with Crippen LogP contribution in [0.4, 0.5) is 14.5 Å².